The Morgan fingerprint density at radius 1 is 1.05 bits per heavy atom. The number of rotatable bonds is 9. The van der Waals surface area contributed by atoms with E-state index < -0.39 is 45.9 Å². The average Bonchev–Trinajstić information content (AvgIpc) is 3.03. The summed E-state index contributed by atoms with van der Waals surface area (Å²) in [5, 5.41) is 31.5. The van der Waals surface area contributed by atoms with Crippen molar-refractivity contribution in [3.05, 3.63) is 26.4 Å². The molecule has 4 rings (SSSR count). The SMILES string of the molecule is CCCCn1c(O)c(C(N)=NCC(C)(C)O)c(=O)n(C2CCC3(CC2)CC2(C3)C(=O)N(C)C(=O)N2CC(C)(C)O)c1=O. The number of aliphatic hydroxyl groups is 2. The van der Waals surface area contributed by atoms with Crippen molar-refractivity contribution < 1.29 is 24.9 Å². The molecule has 0 bridgehead atoms. The van der Waals surface area contributed by atoms with Gasteiger partial charge in [0.05, 0.1) is 24.3 Å². The standard InChI is InChI=1S/C29H46N6O7/c1-7-8-13-33-21(36)19(20(30)31-16-26(2,3)41)22(37)35(25(33)40)18-9-11-28(12-10-18)14-29(15-28)23(38)32(6)24(39)34(29)17-27(4,5)42/h18,36,41-42H,7-17H2,1-6H3,(H2,30,31). The van der Waals surface area contributed by atoms with Gasteiger partial charge >= 0.3 is 11.7 Å². The third kappa shape index (κ3) is 5.60. The van der Waals surface area contributed by atoms with E-state index in [1.807, 2.05) is 6.92 Å². The summed E-state index contributed by atoms with van der Waals surface area (Å²) in [6, 6.07) is -0.858. The topological polar surface area (TPSA) is 184 Å². The quantitative estimate of drug-likeness (QED) is 0.188. The summed E-state index contributed by atoms with van der Waals surface area (Å²) in [5.74, 6) is -1.03. The first-order chi connectivity index (χ1) is 19.4. The predicted octanol–water partition coefficient (Wildman–Crippen LogP) is 1.29. The summed E-state index contributed by atoms with van der Waals surface area (Å²) in [5.41, 5.74) is 1.00. The number of aromatic hydroxyl groups is 1. The van der Waals surface area contributed by atoms with E-state index in [-0.39, 0.29) is 42.4 Å². The van der Waals surface area contributed by atoms with Crippen LogP contribution in [0.15, 0.2) is 14.6 Å². The maximum atomic E-state index is 13.7. The number of carbonyl (C=O) groups is 2. The molecule has 5 N–H and O–H groups in total. The van der Waals surface area contributed by atoms with Crippen molar-refractivity contribution in [3.8, 4) is 5.88 Å². The smallest absolute Gasteiger partial charge is 0.334 e. The molecule has 13 nitrogen and oxygen atoms in total. The number of aromatic nitrogens is 2. The molecule has 1 aromatic rings. The van der Waals surface area contributed by atoms with Gasteiger partial charge in [0.25, 0.3) is 11.5 Å². The van der Waals surface area contributed by atoms with Gasteiger partial charge in [-0.25, -0.2) is 9.59 Å². The molecule has 1 aromatic heterocycles. The fourth-order valence-electron chi connectivity index (χ4n) is 6.92. The molecule has 1 saturated heterocycles. The molecule has 1 aliphatic heterocycles. The summed E-state index contributed by atoms with van der Waals surface area (Å²) in [7, 11) is 1.47. The van der Waals surface area contributed by atoms with Crippen LogP contribution < -0.4 is 17.0 Å². The number of hydrogen-bond acceptors (Lipinski definition) is 8. The lowest BCUT2D eigenvalue weighted by Crippen LogP contribution is -2.65. The molecule has 0 atom stereocenters. The highest BCUT2D eigenvalue weighted by Gasteiger charge is 2.68. The maximum Gasteiger partial charge on any atom is 0.334 e. The summed E-state index contributed by atoms with van der Waals surface area (Å²) >= 11 is 0. The normalized spacial score (nSPS) is 27.0. The lowest BCUT2D eigenvalue weighted by atomic mass is 9.51. The van der Waals surface area contributed by atoms with Crippen LogP contribution in [0.5, 0.6) is 5.88 Å². The van der Waals surface area contributed by atoms with E-state index >= 15 is 0 Å². The number of hydrogen-bond donors (Lipinski definition) is 4. The lowest BCUT2D eigenvalue weighted by molar-refractivity contribution is -0.151. The second-order valence-electron chi connectivity index (χ2n) is 13.8. The highest BCUT2D eigenvalue weighted by atomic mass is 16.3. The van der Waals surface area contributed by atoms with Crippen LogP contribution in [0, 0.1) is 5.41 Å². The van der Waals surface area contributed by atoms with E-state index in [1.54, 1.807) is 27.7 Å². The van der Waals surface area contributed by atoms with Crippen molar-refractivity contribution in [1.29, 1.82) is 0 Å². The maximum absolute atomic E-state index is 13.7. The van der Waals surface area contributed by atoms with E-state index in [0.717, 1.165) is 11.3 Å². The second-order valence-corrected chi connectivity index (χ2v) is 13.8. The molecule has 3 aliphatic rings. The Bertz CT molecular complexity index is 1380. The van der Waals surface area contributed by atoms with Crippen LogP contribution in [-0.2, 0) is 11.3 Å². The summed E-state index contributed by atoms with van der Waals surface area (Å²) in [6.07, 6.45) is 4.55. The minimum absolute atomic E-state index is 0.0417. The van der Waals surface area contributed by atoms with Gasteiger partial charge in [0, 0.05) is 19.6 Å². The minimum Gasteiger partial charge on any atom is -0.494 e. The summed E-state index contributed by atoms with van der Waals surface area (Å²) < 4.78 is 2.35. The average molecular weight is 591 g/mol. The zero-order valence-electron chi connectivity index (χ0n) is 25.6. The number of amidine groups is 1. The molecule has 234 valence electrons. The molecule has 0 radical (unpaired) electrons. The molecule has 42 heavy (non-hydrogen) atoms. The third-order valence-electron chi connectivity index (χ3n) is 8.97. The number of nitrogens with zero attached hydrogens (tertiary/aromatic N) is 5. The van der Waals surface area contributed by atoms with Gasteiger partial charge < -0.3 is 26.0 Å². The van der Waals surface area contributed by atoms with E-state index in [0.29, 0.717) is 44.9 Å². The first-order valence-corrected chi connectivity index (χ1v) is 14.8. The number of amides is 3. The van der Waals surface area contributed by atoms with E-state index in [1.165, 1.54) is 21.1 Å². The monoisotopic (exact) mass is 590 g/mol. The molecule has 0 unspecified atom stereocenters. The molecular weight excluding hydrogens is 544 g/mol. The van der Waals surface area contributed by atoms with Gasteiger partial charge in [-0.3, -0.25) is 28.6 Å². The van der Waals surface area contributed by atoms with Crippen LogP contribution in [0.1, 0.15) is 97.6 Å². The molecule has 2 spiro atoms. The van der Waals surface area contributed by atoms with Crippen molar-refractivity contribution in [2.75, 3.05) is 20.1 Å². The Morgan fingerprint density at radius 3 is 2.17 bits per heavy atom. The molecule has 3 amide bonds. The Hall–Kier alpha value is -3.19. The fourth-order valence-corrected chi connectivity index (χ4v) is 6.92. The largest absolute Gasteiger partial charge is 0.494 e. The fraction of sp³-hybridized carbons (Fsp3) is 0.759. The summed E-state index contributed by atoms with van der Waals surface area (Å²) in [6.45, 7) is 8.40. The van der Waals surface area contributed by atoms with E-state index in [2.05, 4.69) is 4.99 Å². The predicted molar refractivity (Wildman–Crippen MR) is 156 cm³/mol. The van der Waals surface area contributed by atoms with Crippen molar-refractivity contribution in [2.45, 2.75) is 115 Å². The lowest BCUT2D eigenvalue weighted by Gasteiger charge is -2.58. The highest BCUT2D eigenvalue weighted by Crippen LogP contribution is 2.62. The number of carbonyl (C=O) groups excluding carboxylic acids is 2. The second kappa shape index (κ2) is 10.8. The van der Waals surface area contributed by atoms with Crippen LogP contribution in [-0.4, -0.2) is 88.9 Å². The molecule has 3 fully saturated rings. The van der Waals surface area contributed by atoms with Crippen LogP contribution in [0.3, 0.4) is 0 Å². The number of β-amino-alcohol motifs (C(OH)–C–C–N with tert-alkyl or cyclic N) is 1. The first kappa shape index (κ1) is 31.7. The Morgan fingerprint density at radius 2 is 1.64 bits per heavy atom. The van der Waals surface area contributed by atoms with Gasteiger partial charge in [0.2, 0.25) is 5.88 Å². The Balaban J connectivity index is 1.62. The van der Waals surface area contributed by atoms with Gasteiger partial charge in [0.15, 0.2) is 0 Å². The van der Waals surface area contributed by atoms with Crippen molar-refractivity contribution in [2.24, 2.45) is 16.1 Å². The zero-order chi connectivity index (χ0) is 31.4. The number of nitrogens with two attached hydrogens (primary N) is 1. The zero-order valence-corrected chi connectivity index (χ0v) is 25.6. The molecule has 2 aliphatic carbocycles. The number of imide groups is 1. The van der Waals surface area contributed by atoms with Crippen LogP contribution in [0.25, 0.3) is 0 Å². The molecule has 2 heterocycles. The molecule has 2 saturated carbocycles. The van der Waals surface area contributed by atoms with Crippen molar-refractivity contribution >= 4 is 17.8 Å². The Labute approximate surface area is 245 Å². The number of urea groups is 1. The van der Waals surface area contributed by atoms with Gasteiger partial charge in [-0.15, -0.1) is 0 Å². The van der Waals surface area contributed by atoms with Crippen molar-refractivity contribution in [1.82, 2.24) is 18.9 Å². The summed E-state index contributed by atoms with van der Waals surface area (Å²) in [4.78, 5) is 60.1. The highest BCUT2D eigenvalue weighted by molar-refractivity contribution is 6.07. The molecule has 13 heteroatoms. The van der Waals surface area contributed by atoms with E-state index in [4.69, 9.17) is 5.73 Å². The minimum atomic E-state index is -1.18. The van der Waals surface area contributed by atoms with Gasteiger partial charge in [-0.1, -0.05) is 13.3 Å². The van der Waals surface area contributed by atoms with Gasteiger partial charge in [0.1, 0.15) is 16.9 Å². The number of unbranched alkanes of at least 4 members (excludes halogenated alkanes) is 1. The Kier molecular flexibility index (Phi) is 8.18. The van der Waals surface area contributed by atoms with Crippen LogP contribution in [0.2, 0.25) is 0 Å². The van der Waals surface area contributed by atoms with Gasteiger partial charge in [-0.2, -0.15) is 0 Å². The van der Waals surface area contributed by atoms with Crippen LogP contribution in [0.4, 0.5) is 4.79 Å². The van der Waals surface area contributed by atoms with Crippen molar-refractivity contribution in [3.63, 3.8) is 0 Å². The van der Waals surface area contributed by atoms with Gasteiger partial charge in [-0.05, 0) is 78.1 Å². The first-order valence-electron chi connectivity index (χ1n) is 14.8. The number of aliphatic imine (C=N–C) groups is 1. The molecular formula is C29H46N6O7. The third-order valence-corrected chi connectivity index (χ3v) is 8.97. The van der Waals surface area contributed by atoms with E-state index in [9.17, 15) is 34.5 Å². The number of likely N-dealkylation sites (N-methyl/N-ethyl adjacent to an activating group) is 1. The molecule has 0 aromatic carbocycles. The van der Waals surface area contributed by atoms with Crippen LogP contribution >= 0.6 is 0 Å².